The molecule has 0 bridgehead atoms. The molecule has 0 amide bonds. The maximum atomic E-state index is 12.2. The highest BCUT2D eigenvalue weighted by Gasteiger charge is 2.45. The monoisotopic (exact) mass is 202 g/mol. The molecule has 3 nitrogen and oxygen atoms in total. The minimum absolute atomic E-state index is 0.105. The summed E-state index contributed by atoms with van der Waals surface area (Å²) in [6.45, 7) is 0. The van der Waals surface area contributed by atoms with Crippen LogP contribution < -0.4 is 0 Å². The normalized spacial score (nSPS) is 13.2. The molecule has 0 rings (SSSR count). The molecule has 1 N–H and O–H groups in total. The van der Waals surface area contributed by atoms with Crippen LogP contribution in [0.3, 0.4) is 0 Å². The second-order valence-electron chi connectivity index (χ2n) is 1.98. The van der Waals surface area contributed by atoms with Crippen LogP contribution in [0.15, 0.2) is 11.8 Å². The Morgan fingerprint density at radius 1 is 1.54 bits per heavy atom. The minimum atomic E-state index is -4.73. The lowest BCUT2D eigenvalue weighted by Crippen LogP contribution is -2.29. The third kappa shape index (κ3) is 2.92. The maximum Gasteiger partial charge on any atom is 0.363 e. The predicted octanol–water partition coefficient (Wildman–Crippen LogP) is 1.50. The van der Waals surface area contributed by atoms with Crippen molar-refractivity contribution in [1.82, 2.24) is 0 Å². The van der Waals surface area contributed by atoms with Crippen molar-refractivity contribution >= 4 is 5.97 Å². The van der Waals surface area contributed by atoms with Crippen LogP contribution in [0.4, 0.5) is 17.6 Å². The highest BCUT2D eigenvalue weighted by Crippen LogP contribution is 2.29. The predicted molar refractivity (Wildman–Crippen MR) is 33.7 cm³/mol. The molecule has 0 radical (unpaired) electrons. The third-order valence-electron chi connectivity index (χ3n) is 1.07. The van der Waals surface area contributed by atoms with Gasteiger partial charge in [-0.1, -0.05) is 0 Å². The molecule has 0 aliphatic heterocycles. The minimum Gasteiger partial charge on any atom is -0.506 e. The number of rotatable bonds is 3. The molecule has 0 spiro atoms. The molecule has 13 heavy (non-hydrogen) atoms. The largest absolute Gasteiger partial charge is 0.506 e. The average molecular weight is 202 g/mol. The molecular formula is C6H6F4O3. The fourth-order valence-electron chi connectivity index (χ4n) is 0.379. The second-order valence-corrected chi connectivity index (χ2v) is 1.98. The number of hydrogen-bond acceptors (Lipinski definition) is 3. The topological polar surface area (TPSA) is 46.5 Å². The van der Waals surface area contributed by atoms with Crippen molar-refractivity contribution in [2.45, 2.75) is 12.3 Å². The Labute approximate surface area is 70.6 Å². The van der Waals surface area contributed by atoms with E-state index in [1.165, 1.54) is 0 Å². The summed E-state index contributed by atoms with van der Waals surface area (Å²) in [5.41, 5.74) is 0. The number of hydrogen-bond donors (Lipinski definition) is 1. The number of ether oxygens (including phenoxy) is 1. The van der Waals surface area contributed by atoms with Gasteiger partial charge in [-0.3, -0.25) is 0 Å². The van der Waals surface area contributed by atoms with Gasteiger partial charge >= 0.3 is 18.3 Å². The molecule has 0 saturated heterocycles. The maximum absolute atomic E-state index is 12.2. The van der Waals surface area contributed by atoms with E-state index in [0.29, 0.717) is 0 Å². The number of aliphatic hydroxyl groups excluding tert-OH is 1. The number of aliphatic hydroxyl groups is 1. The summed E-state index contributed by atoms with van der Waals surface area (Å²) in [6.07, 6.45) is -4.18. The van der Waals surface area contributed by atoms with Crippen LogP contribution in [-0.2, 0) is 9.53 Å². The van der Waals surface area contributed by atoms with E-state index in [4.69, 9.17) is 5.11 Å². The van der Waals surface area contributed by atoms with E-state index in [1.54, 1.807) is 0 Å². The Kier molecular flexibility index (Phi) is 3.70. The summed E-state index contributed by atoms with van der Waals surface area (Å²) in [5.74, 6) is -8.08. The fraction of sp³-hybridized carbons (Fsp3) is 0.500. The smallest absolute Gasteiger partial charge is 0.363 e. The van der Waals surface area contributed by atoms with Gasteiger partial charge in [0.25, 0.3) is 0 Å². The SMILES string of the molecule is COC(=O)/C=C(\O)C(F)(F)C(F)F. The average Bonchev–Trinajstić information content (AvgIpc) is 2.03. The summed E-state index contributed by atoms with van der Waals surface area (Å²) in [4.78, 5) is 10.3. The third-order valence-corrected chi connectivity index (χ3v) is 1.07. The summed E-state index contributed by atoms with van der Waals surface area (Å²) >= 11 is 0. The lowest BCUT2D eigenvalue weighted by molar-refractivity contribution is -0.137. The van der Waals surface area contributed by atoms with Crippen molar-refractivity contribution in [2.75, 3.05) is 7.11 Å². The number of allylic oxidation sites excluding steroid dienone is 1. The molecule has 7 heteroatoms. The van der Waals surface area contributed by atoms with Gasteiger partial charge in [0.15, 0.2) is 5.76 Å². The molecule has 76 valence electrons. The first kappa shape index (κ1) is 11.7. The number of carbonyl (C=O) groups is 1. The zero-order valence-electron chi connectivity index (χ0n) is 6.43. The highest BCUT2D eigenvalue weighted by atomic mass is 19.3. The van der Waals surface area contributed by atoms with Crippen molar-refractivity contribution < 1.29 is 32.2 Å². The van der Waals surface area contributed by atoms with Crippen molar-refractivity contribution in [3.63, 3.8) is 0 Å². The van der Waals surface area contributed by atoms with E-state index in [2.05, 4.69) is 4.74 Å². The number of carbonyl (C=O) groups excluding carboxylic acids is 1. The number of alkyl halides is 4. The van der Waals surface area contributed by atoms with Crippen LogP contribution in [0.25, 0.3) is 0 Å². The van der Waals surface area contributed by atoms with Crippen LogP contribution in [0.5, 0.6) is 0 Å². The Morgan fingerprint density at radius 3 is 2.31 bits per heavy atom. The molecule has 0 aromatic rings. The van der Waals surface area contributed by atoms with Crippen LogP contribution in [0.1, 0.15) is 0 Å². The molecule has 0 aromatic carbocycles. The van der Waals surface area contributed by atoms with Gasteiger partial charge in [0, 0.05) is 0 Å². The Morgan fingerprint density at radius 2 is 2.00 bits per heavy atom. The van der Waals surface area contributed by atoms with Crippen molar-refractivity contribution in [3.8, 4) is 0 Å². The van der Waals surface area contributed by atoms with Gasteiger partial charge in [-0.25, -0.2) is 13.6 Å². The summed E-state index contributed by atoms with van der Waals surface area (Å²) in [7, 11) is 0.854. The van der Waals surface area contributed by atoms with E-state index in [9.17, 15) is 22.4 Å². The van der Waals surface area contributed by atoms with Gasteiger partial charge in [-0.15, -0.1) is 0 Å². The number of methoxy groups -OCH3 is 1. The lowest BCUT2D eigenvalue weighted by Gasteiger charge is -2.13. The zero-order chi connectivity index (χ0) is 10.6. The molecule has 0 aromatic heterocycles. The number of halogens is 4. The molecular weight excluding hydrogens is 196 g/mol. The van der Waals surface area contributed by atoms with Crippen LogP contribution in [0.2, 0.25) is 0 Å². The van der Waals surface area contributed by atoms with Gasteiger partial charge in [-0.2, -0.15) is 8.78 Å². The summed E-state index contributed by atoms with van der Waals surface area (Å²) < 4.78 is 51.2. The van der Waals surface area contributed by atoms with Crippen LogP contribution in [-0.4, -0.2) is 30.5 Å². The molecule has 0 aliphatic carbocycles. The molecule has 0 atom stereocenters. The molecule has 0 fully saturated rings. The van der Waals surface area contributed by atoms with Gasteiger partial charge in [0.2, 0.25) is 0 Å². The number of esters is 1. The second kappa shape index (κ2) is 4.11. The van der Waals surface area contributed by atoms with E-state index in [0.717, 1.165) is 7.11 Å². The Bertz CT molecular complexity index is 224. The van der Waals surface area contributed by atoms with E-state index in [-0.39, 0.29) is 6.08 Å². The van der Waals surface area contributed by atoms with Crippen LogP contribution in [0, 0.1) is 0 Å². The van der Waals surface area contributed by atoms with Crippen LogP contribution >= 0.6 is 0 Å². The van der Waals surface area contributed by atoms with Gasteiger partial charge < -0.3 is 9.84 Å². The lowest BCUT2D eigenvalue weighted by atomic mass is 10.2. The first-order valence-electron chi connectivity index (χ1n) is 2.97. The standard InChI is InChI=1S/C6H6F4O3/c1-13-4(12)2-3(11)6(9,10)5(7)8/h2,5,11H,1H3/b3-2-. The van der Waals surface area contributed by atoms with E-state index >= 15 is 0 Å². The first-order chi connectivity index (χ1) is 5.82. The van der Waals surface area contributed by atoms with Crippen molar-refractivity contribution in [3.05, 3.63) is 11.8 Å². The molecule has 0 heterocycles. The summed E-state index contributed by atoms with van der Waals surface area (Å²) in [6, 6.07) is 0. The van der Waals surface area contributed by atoms with Gasteiger partial charge in [0.05, 0.1) is 13.2 Å². The highest BCUT2D eigenvalue weighted by molar-refractivity contribution is 5.82. The van der Waals surface area contributed by atoms with Gasteiger partial charge in [-0.05, 0) is 0 Å². The van der Waals surface area contributed by atoms with Crippen molar-refractivity contribution in [2.24, 2.45) is 0 Å². The summed E-state index contributed by atoms with van der Waals surface area (Å²) in [5, 5.41) is 8.38. The quantitative estimate of drug-likeness (QED) is 0.326. The van der Waals surface area contributed by atoms with Crippen molar-refractivity contribution in [1.29, 1.82) is 0 Å². The first-order valence-corrected chi connectivity index (χ1v) is 2.97. The zero-order valence-corrected chi connectivity index (χ0v) is 6.43. The van der Waals surface area contributed by atoms with E-state index in [1.807, 2.05) is 0 Å². The molecule has 0 saturated carbocycles. The van der Waals surface area contributed by atoms with Gasteiger partial charge in [0.1, 0.15) is 0 Å². The molecule has 0 aliphatic rings. The fourth-order valence-corrected chi connectivity index (χ4v) is 0.379. The Balaban J connectivity index is 4.67. The molecule has 0 unspecified atom stereocenters. The Hall–Kier alpha value is -1.27. The van der Waals surface area contributed by atoms with E-state index < -0.39 is 24.1 Å².